The molecule has 16 heavy (non-hydrogen) atoms. The van der Waals surface area contributed by atoms with Gasteiger partial charge >= 0.3 is 5.97 Å². The molecule has 0 atom stereocenters. The zero-order chi connectivity index (χ0) is 12.0. The lowest BCUT2D eigenvalue weighted by molar-refractivity contribution is -0.138. The Balaban J connectivity index is 2.32. The number of aliphatic carboxylic acids is 1. The molecule has 0 radical (unpaired) electrons. The average molecular weight is 227 g/mol. The zero-order valence-electron chi connectivity index (χ0n) is 9.95. The van der Waals surface area contributed by atoms with Gasteiger partial charge in [-0.1, -0.05) is 12.8 Å². The molecule has 0 saturated heterocycles. The summed E-state index contributed by atoms with van der Waals surface area (Å²) in [6.07, 6.45) is 5.43. The van der Waals surface area contributed by atoms with Gasteiger partial charge in [0.1, 0.15) is 0 Å². The van der Waals surface area contributed by atoms with Crippen molar-refractivity contribution >= 4 is 11.9 Å². The maximum Gasteiger partial charge on any atom is 0.305 e. The Morgan fingerprint density at radius 2 is 1.94 bits per heavy atom. The molecule has 0 aromatic rings. The van der Waals surface area contributed by atoms with Crippen LogP contribution in [0.3, 0.4) is 0 Å². The fourth-order valence-electron chi connectivity index (χ4n) is 2.28. The van der Waals surface area contributed by atoms with Gasteiger partial charge in [0.15, 0.2) is 0 Å². The monoisotopic (exact) mass is 227 g/mol. The summed E-state index contributed by atoms with van der Waals surface area (Å²) in [6.45, 7) is 2.85. The van der Waals surface area contributed by atoms with Crippen LogP contribution in [0, 0.1) is 5.92 Å². The van der Waals surface area contributed by atoms with Gasteiger partial charge < -0.3 is 10.0 Å². The van der Waals surface area contributed by atoms with Crippen molar-refractivity contribution in [2.75, 3.05) is 13.1 Å². The third kappa shape index (κ3) is 4.21. The van der Waals surface area contributed by atoms with Crippen molar-refractivity contribution in [1.82, 2.24) is 4.90 Å². The molecule has 1 fully saturated rings. The third-order valence-electron chi connectivity index (χ3n) is 3.27. The number of carboxylic acid groups (broad SMARTS) is 1. The van der Waals surface area contributed by atoms with Gasteiger partial charge in [0.05, 0.1) is 6.42 Å². The van der Waals surface area contributed by atoms with Crippen molar-refractivity contribution in [3.63, 3.8) is 0 Å². The zero-order valence-corrected chi connectivity index (χ0v) is 9.95. The SMILES string of the molecule is CCN(CCC(=O)O)C(=O)CC1CCCC1. The second-order valence-electron chi connectivity index (χ2n) is 4.47. The highest BCUT2D eigenvalue weighted by Gasteiger charge is 2.21. The second kappa shape index (κ2) is 6.51. The minimum absolute atomic E-state index is 0.0459. The summed E-state index contributed by atoms with van der Waals surface area (Å²) in [6, 6.07) is 0. The van der Waals surface area contributed by atoms with Crippen LogP contribution in [0.4, 0.5) is 0 Å². The first kappa shape index (κ1) is 13.0. The number of nitrogens with zero attached hydrogens (tertiary/aromatic N) is 1. The van der Waals surface area contributed by atoms with Gasteiger partial charge in [-0.3, -0.25) is 9.59 Å². The van der Waals surface area contributed by atoms with Gasteiger partial charge in [-0.25, -0.2) is 0 Å². The van der Waals surface area contributed by atoms with Gasteiger partial charge in [-0.2, -0.15) is 0 Å². The molecule has 1 aliphatic carbocycles. The molecule has 92 valence electrons. The van der Waals surface area contributed by atoms with Crippen LogP contribution in [0.25, 0.3) is 0 Å². The highest BCUT2D eigenvalue weighted by molar-refractivity contribution is 5.77. The van der Waals surface area contributed by atoms with Crippen molar-refractivity contribution in [1.29, 1.82) is 0 Å². The number of rotatable bonds is 6. The van der Waals surface area contributed by atoms with E-state index in [1.54, 1.807) is 4.90 Å². The van der Waals surface area contributed by atoms with Crippen LogP contribution in [0.5, 0.6) is 0 Å². The van der Waals surface area contributed by atoms with Gasteiger partial charge in [-0.15, -0.1) is 0 Å². The quantitative estimate of drug-likeness (QED) is 0.753. The van der Waals surface area contributed by atoms with Crippen LogP contribution in [0.2, 0.25) is 0 Å². The Hall–Kier alpha value is -1.06. The maximum absolute atomic E-state index is 11.9. The smallest absolute Gasteiger partial charge is 0.305 e. The largest absolute Gasteiger partial charge is 0.481 e. The molecule has 4 nitrogen and oxygen atoms in total. The van der Waals surface area contributed by atoms with Gasteiger partial charge in [0, 0.05) is 19.5 Å². The molecule has 0 bridgehead atoms. The summed E-state index contributed by atoms with van der Waals surface area (Å²) in [5.41, 5.74) is 0. The van der Waals surface area contributed by atoms with Crippen molar-refractivity contribution in [2.24, 2.45) is 5.92 Å². The fourth-order valence-corrected chi connectivity index (χ4v) is 2.28. The van der Waals surface area contributed by atoms with E-state index in [9.17, 15) is 9.59 Å². The molecule has 0 spiro atoms. The first-order valence-electron chi connectivity index (χ1n) is 6.13. The fraction of sp³-hybridized carbons (Fsp3) is 0.833. The summed E-state index contributed by atoms with van der Waals surface area (Å²) in [5, 5.41) is 8.59. The van der Waals surface area contributed by atoms with Crippen LogP contribution < -0.4 is 0 Å². The molecule has 0 aromatic heterocycles. The van der Waals surface area contributed by atoms with E-state index >= 15 is 0 Å². The van der Waals surface area contributed by atoms with E-state index in [0.29, 0.717) is 25.4 Å². The molecule has 1 rings (SSSR count). The number of hydrogen-bond acceptors (Lipinski definition) is 2. The Bertz CT molecular complexity index is 247. The lowest BCUT2D eigenvalue weighted by Gasteiger charge is -2.21. The summed E-state index contributed by atoms with van der Waals surface area (Å²) in [7, 11) is 0. The first-order chi connectivity index (χ1) is 7.63. The van der Waals surface area contributed by atoms with Gasteiger partial charge in [0.25, 0.3) is 0 Å². The molecule has 4 heteroatoms. The van der Waals surface area contributed by atoms with Crippen LogP contribution in [-0.4, -0.2) is 35.0 Å². The van der Waals surface area contributed by atoms with E-state index in [0.717, 1.165) is 12.8 Å². The van der Waals surface area contributed by atoms with E-state index in [2.05, 4.69) is 0 Å². The summed E-state index contributed by atoms with van der Waals surface area (Å²) >= 11 is 0. The highest BCUT2D eigenvalue weighted by Crippen LogP contribution is 2.27. The Kier molecular flexibility index (Phi) is 5.29. The molecule has 0 unspecified atom stereocenters. The van der Waals surface area contributed by atoms with Crippen LogP contribution >= 0.6 is 0 Å². The molecule has 1 N–H and O–H groups in total. The molecule has 1 amide bonds. The molecule has 1 saturated carbocycles. The predicted octanol–water partition coefficient (Wildman–Crippen LogP) is 1.89. The molecule has 0 heterocycles. The van der Waals surface area contributed by atoms with Crippen molar-refractivity contribution in [3.8, 4) is 0 Å². The second-order valence-corrected chi connectivity index (χ2v) is 4.47. The first-order valence-corrected chi connectivity index (χ1v) is 6.13. The number of amides is 1. The molecule has 0 aromatic carbocycles. The van der Waals surface area contributed by atoms with Crippen LogP contribution in [0.1, 0.15) is 45.4 Å². The minimum Gasteiger partial charge on any atom is -0.481 e. The number of carbonyl (C=O) groups is 2. The van der Waals surface area contributed by atoms with Crippen molar-refractivity contribution in [2.45, 2.75) is 45.4 Å². The molecule has 1 aliphatic rings. The van der Waals surface area contributed by atoms with E-state index in [1.807, 2.05) is 6.92 Å². The number of hydrogen-bond donors (Lipinski definition) is 1. The predicted molar refractivity (Wildman–Crippen MR) is 61.1 cm³/mol. The van der Waals surface area contributed by atoms with Crippen molar-refractivity contribution in [3.05, 3.63) is 0 Å². The molecular weight excluding hydrogens is 206 g/mol. The molecule has 0 aliphatic heterocycles. The lowest BCUT2D eigenvalue weighted by atomic mass is 10.0. The van der Waals surface area contributed by atoms with Crippen LogP contribution in [0.15, 0.2) is 0 Å². The standard InChI is InChI=1S/C12H21NO3/c1-2-13(8-7-12(15)16)11(14)9-10-5-3-4-6-10/h10H,2-9H2,1H3,(H,15,16). The minimum atomic E-state index is -0.841. The average Bonchev–Trinajstić information content (AvgIpc) is 2.71. The van der Waals surface area contributed by atoms with E-state index in [1.165, 1.54) is 12.8 Å². The number of carboxylic acids is 1. The Labute approximate surface area is 96.6 Å². The normalized spacial score (nSPS) is 16.3. The summed E-state index contributed by atoms with van der Waals surface area (Å²) in [4.78, 5) is 24.0. The Morgan fingerprint density at radius 3 is 2.44 bits per heavy atom. The molecular formula is C12H21NO3. The third-order valence-corrected chi connectivity index (χ3v) is 3.27. The topological polar surface area (TPSA) is 57.6 Å². The van der Waals surface area contributed by atoms with E-state index < -0.39 is 5.97 Å². The van der Waals surface area contributed by atoms with Gasteiger partial charge in [0.2, 0.25) is 5.91 Å². The van der Waals surface area contributed by atoms with E-state index in [4.69, 9.17) is 5.11 Å². The lowest BCUT2D eigenvalue weighted by Crippen LogP contribution is -2.33. The van der Waals surface area contributed by atoms with Crippen LogP contribution in [-0.2, 0) is 9.59 Å². The Morgan fingerprint density at radius 1 is 1.31 bits per heavy atom. The number of carbonyl (C=O) groups excluding carboxylic acids is 1. The van der Waals surface area contributed by atoms with E-state index in [-0.39, 0.29) is 12.3 Å². The summed E-state index contributed by atoms with van der Waals surface area (Å²) < 4.78 is 0. The highest BCUT2D eigenvalue weighted by atomic mass is 16.4. The maximum atomic E-state index is 11.9. The van der Waals surface area contributed by atoms with Crippen molar-refractivity contribution < 1.29 is 14.7 Å². The van der Waals surface area contributed by atoms with Gasteiger partial charge in [-0.05, 0) is 25.7 Å². The summed E-state index contributed by atoms with van der Waals surface area (Å²) in [5.74, 6) is -0.186.